The number of nitrogens with one attached hydrogen (secondary N) is 1. The van der Waals surface area contributed by atoms with Crippen LogP contribution in [0.25, 0.3) is 0 Å². The Morgan fingerprint density at radius 1 is 1.56 bits per heavy atom. The van der Waals surface area contributed by atoms with Gasteiger partial charge in [-0.1, -0.05) is 12.1 Å². The fraction of sp³-hybridized carbons (Fsp3) is 0.417. The largest absolute Gasteiger partial charge is 0.316 e. The Kier molecular flexibility index (Phi) is 3.46. The SMILES string of the molecule is CNCc1cccc(N2CC(Cl)CC2=O)c1. The third kappa shape index (κ3) is 2.36. The minimum Gasteiger partial charge on any atom is -0.316 e. The number of benzene rings is 1. The van der Waals surface area contributed by atoms with E-state index in [-0.39, 0.29) is 11.3 Å². The Labute approximate surface area is 100 Å². The van der Waals surface area contributed by atoms with Gasteiger partial charge in [-0.15, -0.1) is 11.6 Å². The third-order valence-electron chi connectivity index (χ3n) is 2.68. The van der Waals surface area contributed by atoms with E-state index >= 15 is 0 Å². The second-order valence-corrected chi connectivity index (χ2v) is 4.62. The van der Waals surface area contributed by atoms with Crippen LogP contribution in [0.5, 0.6) is 0 Å². The summed E-state index contributed by atoms with van der Waals surface area (Å²) in [4.78, 5) is 13.4. The lowest BCUT2D eigenvalue weighted by atomic mass is 10.2. The molecule has 1 aromatic carbocycles. The van der Waals surface area contributed by atoms with Crippen LogP contribution in [0, 0.1) is 0 Å². The summed E-state index contributed by atoms with van der Waals surface area (Å²) in [6, 6.07) is 7.99. The van der Waals surface area contributed by atoms with Gasteiger partial charge in [0.25, 0.3) is 0 Å². The Hall–Kier alpha value is -1.06. The van der Waals surface area contributed by atoms with Crippen LogP contribution in [-0.4, -0.2) is 24.9 Å². The van der Waals surface area contributed by atoms with E-state index in [2.05, 4.69) is 5.32 Å². The number of anilines is 1. The molecule has 86 valence electrons. The first-order valence-electron chi connectivity index (χ1n) is 5.38. The first-order chi connectivity index (χ1) is 7.70. The molecule has 0 saturated carbocycles. The maximum atomic E-state index is 11.7. The van der Waals surface area contributed by atoms with Crippen molar-refractivity contribution in [3.05, 3.63) is 29.8 Å². The Bertz CT molecular complexity index is 394. The highest BCUT2D eigenvalue weighted by Gasteiger charge is 2.28. The van der Waals surface area contributed by atoms with Crippen molar-refractivity contribution in [2.75, 3.05) is 18.5 Å². The summed E-state index contributed by atoms with van der Waals surface area (Å²) in [5.74, 6) is 0.113. The van der Waals surface area contributed by atoms with E-state index in [9.17, 15) is 4.79 Å². The average molecular weight is 239 g/mol. The summed E-state index contributed by atoms with van der Waals surface area (Å²) in [5, 5.41) is 3.04. The van der Waals surface area contributed by atoms with Crippen molar-refractivity contribution in [2.24, 2.45) is 0 Å². The van der Waals surface area contributed by atoms with Crippen molar-refractivity contribution in [3.8, 4) is 0 Å². The predicted molar refractivity (Wildman–Crippen MR) is 65.8 cm³/mol. The van der Waals surface area contributed by atoms with Crippen molar-refractivity contribution in [2.45, 2.75) is 18.3 Å². The lowest BCUT2D eigenvalue weighted by Gasteiger charge is -2.16. The number of rotatable bonds is 3. The lowest BCUT2D eigenvalue weighted by molar-refractivity contribution is -0.117. The molecule has 4 heteroatoms. The van der Waals surface area contributed by atoms with E-state index in [1.807, 2.05) is 31.3 Å². The minimum absolute atomic E-state index is 0.0551. The number of halogens is 1. The predicted octanol–water partition coefficient (Wildman–Crippen LogP) is 1.75. The van der Waals surface area contributed by atoms with Crippen LogP contribution in [0.4, 0.5) is 5.69 Å². The molecule has 16 heavy (non-hydrogen) atoms. The van der Waals surface area contributed by atoms with E-state index in [1.54, 1.807) is 4.90 Å². The van der Waals surface area contributed by atoms with Crippen molar-refractivity contribution >= 4 is 23.2 Å². The molecule has 0 spiro atoms. The average Bonchev–Trinajstić information content (AvgIpc) is 2.59. The fourth-order valence-corrected chi connectivity index (χ4v) is 2.22. The molecular formula is C12H15ClN2O. The van der Waals surface area contributed by atoms with E-state index in [4.69, 9.17) is 11.6 Å². The molecule has 1 aliphatic heterocycles. The molecule has 1 N–H and O–H groups in total. The zero-order chi connectivity index (χ0) is 11.5. The molecule has 1 unspecified atom stereocenters. The van der Waals surface area contributed by atoms with Gasteiger partial charge in [-0.2, -0.15) is 0 Å². The van der Waals surface area contributed by atoms with Crippen LogP contribution < -0.4 is 10.2 Å². The van der Waals surface area contributed by atoms with Gasteiger partial charge in [-0.3, -0.25) is 4.79 Å². The van der Waals surface area contributed by atoms with Gasteiger partial charge in [0.05, 0.1) is 5.38 Å². The smallest absolute Gasteiger partial charge is 0.228 e. The quantitative estimate of drug-likeness (QED) is 0.814. The summed E-state index contributed by atoms with van der Waals surface area (Å²) in [6.07, 6.45) is 0.442. The molecule has 0 bridgehead atoms. The first kappa shape index (κ1) is 11.4. The second-order valence-electron chi connectivity index (χ2n) is 4.01. The van der Waals surface area contributed by atoms with Crippen LogP contribution in [0.2, 0.25) is 0 Å². The summed E-state index contributed by atoms with van der Waals surface area (Å²) < 4.78 is 0. The maximum Gasteiger partial charge on any atom is 0.228 e. The minimum atomic E-state index is -0.0551. The zero-order valence-corrected chi connectivity index (χ0v) is 10.00. The topological polar surface area (TPSA) is 32.3 Å². The Balaban J connectivity index is 2.20. The molecule has 0 aliphatic carbocycles. The molecule has 1 atom stereocenters. The summed E-state index contributed by atoms with van der Waals surface area (Å²) in [5.41, 5.74) is 2.12. The number of alkyl halides is 1. The van der Waals surface area contributed by atoms with Crippen molar-refractivity contribution in [1.82, 2.24) is 5.32 Å². The molecule has 1 aromatic rings. The van der Waals surface area contributed by atoms with Crippen LogP contribution in [0.3, 0.4) is 0 Å². The van der Waals surface area contributed by atoms with Crippen molar-refractivity contribution in [1.29, 1.82) is 0 Å². The normalized spacial score (nSPS) is 20.5. The van der Waals surface area contributed by atoms with Gasteiger partial charge in [0.15, 0.2) is 0 Å². The highest BCUT2D eigenvalue weighted by Crippen LogP contribution is 2.24. The van der Waals surface area contributed by atoms with E-state index in [1.165, 1.54) is 5.56 Å². The van der Waals surface area contributed by atoms with Crippen LogP contribution in [0.15, 0.2) is 24.3 Å². The second kappa shape index (κ2) is 4.85. The van der Waals surface area contributed by atoms with Crippen molar-refractivity contribution in [3.63, 3.8) is 0 Å². The zero-order valence-electron chi connectivity index (χ0n) is 9.24. The van der Waals surface area contributed by atoms with Gasteiger partial charge < -0.3 is 10.2 Å². The Morgan fingerprint density at radius 2 is 2.38 bits per heavy atom. The highest BCUT2D eigenvalue weighted by atomic mass is 35.5. The molecule has 2 rings (SSSR count). The van der Waals surface area contributed by atoms with Crippen LogP contribution in [-0.2, 0) is 11.3 Å². The molecule has 0 aromatic heterocycles. The Morgan fingerprint density at radius 3 is 3.00 bits per heavy atom. The van der Waals surface area contributed by atoms with E-state index in [0.717, 1.165) is 12.2 Å². The monoisotopic (exact) mass is 238 g/mol. The molecule has 1 saturated heterocycles. The summed E-state index contributed by atoms with van der Waals surface area (Å²) >= 11 is 5.98. The number of hydrogen-bond acceptors (Lipinski definition) is 2. The number of amides is 1. The molecule has 1 fully saturated rings. The van der Waals surface area contributed by atoms with E-state index in [0.29, 0.717) is 13.0 Å². The van der Waals surface area contributed by atoms with Gasteiger partial charge in [-0.25, -0.2) is 0 Å². The van der Waals surface area contributed by atoms with Crippen LogP contribution in [0.1, 0.15) is 12.0 Å². The number of carbonyl (C=O) groups excluding carboxylic acids is 1. The third-order valence-corrected chi connectivity index (χ3v) is 2.97. The first-order valence-corrected chi connectivity index (χ1v) is 5.82. The number of nitrogens with zero attached hydrogens (tertiary/aromatic N) is 1. The van der Waals surface area contributed by atoms with Gasteiger partial charge in [0.1, 0.15) is 0 Å². The molecule has 1 heterocycles. The molecular weight excluding hydrogens is 224 g/mol. The lowest BCUT2D eigenvalue weighted by Crippen LogP contribution is -2.24. The van der Waals surface area contributed by atoms with Gasteiger partial charge in [0.2, 0.25) is 5.91 Å². The fourth-order valence-electron chi connectivity index (χ4n) is 1.95. The molecule has 1 aliphatic rings. The molecule has 0 radical (unpaired) electrons. The number of carbonyl (C=O) groups is 1. The van der Waals surface area contributed by atoms with Gasteiger partial charge >= 0.3 is 0 Å². The molecule has 3 nitrogen and oxygen atoms in total. The van der Waals surface area contributed by atoms with E-state index < -0.39 is 0 Å². The van der Waals surface area contributed by atoms with Crippen molar-refractivity contribution < 1.29 is 4.79 Å². The van der Waals surface area contributed by atoms with Gasteiger partial charge in [0, 0.05) is 25.2 Å². The standard InChI is InChI=1S/C12H15ClN2O/c1-14-7-9-3-2-4-11(5-9)15-8-10(13)6-12(15)16/h2-5,10,14H,6-8H2,1H3. The summed E-state index contributed by atoms with van der Waals surface area (Å²) in [6.45, 7) is 1.42. The summed E-state index contributed by atoms with van der Waals surface area (Å²) in [7, 11) is 1.91. The number of hydrogen-bond donors (Lipinski definition) is 1. The van der Waals surface area contributed by atoms with Gasteiger partial charge in [-0.05, 0) is 24.7 Å². The maximum absolute atomic E-state index is 11.7. The molecule has 1 amide bonds. The highest BCUT2D eigenvalue weighted by molar-refractivity contribution is 6.24. The van der Waals surface area contributed by atoms with Crippen LogP contribution >= 0.6 is 11.6 Å².